The number of carbonyl (C=O) groups is 1. The van der Waals surface area contributed by atoms with Gasteiger partial charge in [0, 0.05) is 35.4 Å². The Labute approximate surface area is 124 Å². The van der Waals surface area contributed by atoms with Crippen LogP contribution in [0.1, 0.15) is 33.1 Å². The van der Waals surface area contributed by atoms with Crippen LogP contribution in [0.15, 0.2) is 0 Å². The molecule has 1 fully saturated rings. The number of hydrogen-bond donors (Lipinski definition) is 1. The summed E-state index contributed by atoms with van der Waals surface area (Å²) < 4.78 is 16.4. The predicted molar refractivity (Wildman–Crippen MR) is 82.3 cm³/mol. The monoisotopic (exact) mass is 304 g/mol. The van der Waals surface area contributed by atoms with Gasteiger partial charge in [0.25, 0.3) is 0 Å². The summed E-state index contributed by atoms with van der Waals surface area (Å²) >= 11 is 0. The van der Waals surface area contributed by atoms with Gasteiger partial charge in [0.05, 0.1) is 6.61 Å². The second-order valence-corrected chi connectivity index (χ2v) is 7.15. The first kappa shape index (κ1) is 17.6. The fourth-order valence-electron chi connectivity index (χ4n) is 2.33. The van der Waals surface area contributed by atoms with Crippen molar-refractivity contribution in [1.82, 2.24) is 10.2 Å². The Kier molecular flexibility index (Phi) is 7.69. The molecule has 0 radical (unpaired) electrons. The van der Waals surface area contributed by atoms with E-state index in [-0.39, 0.29) is 5.97 Å². The minimum Gasteiger partial charge on any atom is -0.465 e. The molecule has 1 unspecified atom stereocenters. The van der Waals surface area contributed by atoms with Crippen molar-refractivity contribution in [3.63, 3.8) is 0 Å². The van der Waals surface area contributed by atoms with Gasteiger partial charge in [0.1, 0.15) is 5.54 Å². The average Bonchev–Trinajstić information content (AvgIpc) is 2.45. The normalized spacial score (nSPS) is 20.6. The first-order chi connectivity index (χ1) is 9.51. The molecular formula is C14H28N2O3S. The van der Waals surface area contributed by atoms with Crippen molar-refractivity contribution in [2.45, 2.75) is 38.6 Å². The van der Waals surface area contributed by atoms with Crippen LogP contribution >= 0.6 is 0 Å². The van der Waals surface area contributed by atoms with Crippen molar-refractivity contribution in [3.05, 3.63) is 0 Å². The highest BCUT2D eigenvalue weighted by molar-refractivity contribution is 7.85. The first-order valence-corrected chi connectivity index (χ1v) is 8.94. The first-order valence-electron chi connectivity index (χ1n) is 7.45. The van der Waals surface area contributed by atoms with Gasteiger partial charge in [-0.15, -0.1) is 0 Å². The lowest BCUT2D eigenvalue weighted by Gasteiger charge is -2.28. The number of carbonyl (C=O) groups excluding carboxylic acids is 1. The third kappa shape index (κ3) is 5.50. The van der Waals surface area contributed by atoms with Crippen LogP contribution in [0.2, 0.25) is 0 Å². The van der Waals surface area contributed by atoms with Gasteiger partial charge < -0.3 is 15.0 Å². The van der Waals surface area contributed by atoms with Gasteiger partial charge in [-0.05, 0) is 46.7 Å². The van der Waals surface area contributed by atoms with E-state index in [1.807, 2.05) is 13.8 Å². The average molecular weight is 304 g/mol. The summed E-state index contributed by atoms with van der Waals surface area (Å²) in [5, 5.41) is 3.08. The number of unbranched alkanes of at least 4 members (excludes halogenated alkanes) is 1. The van der Waals surface area contributed by atoms with Gasteiger partial charge in [-0.3, -0.25) is 9.00 Å². The van der Waals surface area contributed by atoms with Crippen LogP contribution < -0.4 is 5.32 Å². The summed E-state index contributed by atoms with van der Waals surface area (Å²) in [5.41, 5.74) is -0.584. The SMILES string of the molecule is CCOC(=O)C(C)(CCCCN1CCS(=O)CC1)NC. The maximum Gasteiger partial charge on any atom is 0.326 e. The molecule has 1 N–H and O–H groups in total. The molecule has 0 aromatic carbocycles. The summed E-state index contributed by atoms with van der Waals surface area (Å²) in [7, 11) is 1.20. The number of ether oxygens (including phenoxy) is 1. The maximum atomic E-state index is 11.9. The zero-order valence-electron chi connectivity index (χ0n) is 12.9. The molecule has 1 rings (SSSR count). The van der Waals surface area contributed by atoms with E-state index in [0.717, 1.165) is 50.4 Å². The van der Waals surface area contributed by atoms with Gasteiger partial charge in [0.15, 0.2) is 0 Å². The van der Waals surface area contributed by atoms with Crippen LogP contribution in [0, 0.1) is 0 Å². The van der Waals surface area contributed by atoms with Crippen LogP contribution in [0.4, 0.5) is 0 Å². The number of likely N-dealkylation sites (N-methyl/N-ethyl adjacent to an activating group) is 1. The van der Waals surface area contributed by atoms with E-state index in [1.165, 1.54) is 0 Å². The fraction of sp³-hybridized carbons (Fsp3) is 0.929. The second-order valence-electron chi connectivity index (χ2n) is 5.45. The molecule has 0 amide bonds. The molecule has 1 aliphatic heterocycles. The van der Waals surface area contributed by atoms with Crippen molar-refractivity contribution in [2.75, 3.05) is 44.8 Å². The Bertz CT molecular complexity index is 328. The van der Waals surface area contributed by atoms with Crippen molar-refractivity contribution in [3.8, 4) is 0 Å². The predicted octanol–water partition coefficient (Wildman–Crippen LogP) is 0.762. The molecular weight excluding hydrogens is 276 g/mol. The van der Waals surface area contributed by atoms with E-state index in [1.54, 1.807) is 7.05 Å². The van der Waals surface area contributed by atoms with E-state index in [2.05, 4.69) is 10.2 Å². The van der Waals surface area contributed by atoms with Gasteiger partial charge >= 0.3 is 5.97 Å². The number of nitrogens with one attached hydrogen (secondary N) is 1. The summed E-state index contributed by atoms with van der Waals surface area (Å²) in [6, 6.07) is 0. The van der Waals surface area contributed by atoms with Crippen LogP contribution in [-0.4, -0.2) is 65.4 Å². The molecule has 1 saturated heterocycles. The van der Waals surface area contributed by atoms with Crippen LogP contribution in [-0.2, 0) is 20.3 Å². The molecule has 0 aliphatic carbocycles. The third-order valence-corrected chi connectivity index (χ3v) is 5.23. The molecule has 0 saturated carbocycles. The highest BCUT2D eigenvalue weighted by Gasteiger charge is 2.32. The Morgan fingerprint density at radius 3 is 2.55 bits per heavy atom. The van der Waals surface area contributed by atoms with E-state index >= 15 is 0 Å². The van der Waals surface area contributed by atoms with Gasteiger partial charge in [-0.25, -0.2) is 0 Å². The summed E-state index contributed by atoms with van der Waals surface area (Å²) in [6.07, 6.45) is 2.82. The number of rotatable bonds is 8. The standard InChI is InChI=1S/C14H28N2O3S/c1-4-19-13(17)14(2,15-3)7-5-6-8-16-9-11-20(18)12-10-16/h15H,4-12H2,1-3H3. The Morgan fingerprint density at radius 2 is 2.00 bits per heavy atom. The molecule has 1 heterocycles. The molecule has 1 aliphatic rings. The molecule has 6 heteroatoms. The zero-order chi connectivity index (χ0) is 15.0. The van der Waals surface area contributed by atoms with E-state index in [0.29, 0.717) is 6.61 Å². The number of esters is 1. The molecule has 0 spiro atoms. The zero-order valence-corrected chi connectivity index (χ0v) is 13.8. The van der Waals surface area contributed by atoms with Gasteiger partial charge in [-0.1, -0.05) is 0 Å². The highest BCUT2D eigenvalue weighted by Crippen LogP contribution is 2.16. The quantitative estimate of drug-likeness (QED) is 0.530. The van der Waals surface area contributed by atoms with Crippen molar-refractivity contribution in [1.29, 1.82) is 0 Å². The second kappa shape index (κ2) is 8.74. The molecule has 20 heavy (non-hydrogen) atoms. The summed E-state index contributed by atoms with van der Waals surface area (Å²) in [5.74, 6) is 1.43. The van der Waals surface area contributed by atoms with Gasteiger partial charge in [-0.2, -0.15) is 0 Å². The Balaban J connectivity index is 2.24. The smallest absolute Gasteiger partial charge is 0.326 e. The lowest BCUT2D eigenvalue weighted by atomic mass is 9.95. The maximum absolute atomic E-state index is 11.9. The molecule has 5 nitrogen and oxygen atoms in total. The molecule has 0 aromatic rings. The molecule has 0 aromatic heterocycles. The lowest BCUT2D eigenvalue weighted by molar-refractivity contribution is -0.150. The Hall–Kier alpha value is -0.460. The lowest BCUT2D eigenvalue weighted by Crippen LogP contribution is -2.48. The van der Waals surface area contributed by atoms with Crippen LogP contribution in [0.5, 0.6) is 0 Å². The topological polar surface area (TPSA) is 58.6 Å². The molecule has 0 bridgehead atoms. The van der Waals surface area contributed by atoms with Crippen molar-refractivity contribution < 1.29 is 13.7 Å². The molecule has 1 atom stereocenters. The van der Waals surface area contributed by atoms with Crippen LogP contribution in [0.3, 0.4) is 0 Å². The van der Waals surface area contributed by atoms with Crippen LogP contribution in [0.25, 0.3) is 0 Å². The number of nitrogens with zero attached hydrogens (tertiary/aromatic N) is 1. The van der Waals surface area contributed by atoms with E-state index in [9.17, 15) is 9.00 Å². The molecule has 118 valence electrons. The largest absolute Gasteiger partial charge is 0.465 e. The Morgan fingerprint density at radius 1 is 1.35 bits per heavy atom. The minimum absolute atomic E-state index is 0.170. The van der Waals surface area contributed by atoms with E-state index < -0.39 is 16.3 Å². The number of hydrogen-bond acceptors (Lipinski definition) is 5. The summed E-state index contributed by atoms with van der Waals surface area (Å²) in [4.78, 5) is 14.3. The fourth-order valence-corrected chi connectivity index (χ4v) is 3.46. The van der Waals surface area contributed by atoms with Crippen molar-refractivity contribution in [2.24, 2.45) is 0 Å². The van der Waals surface area contributed by atoms with Crippen molar-refractivity contribution >= 4 is 16.8 Å². The summed E-state index contributed by atoms with van der Waals surface area (Å²) in [6.45, 7) is 7.05. The minimum atomic E-state index is -0.605. The highest BCUT2D eigenvalue weighted by atomic mass is 32.2. The van der Waals surface area contributed by atoms with E-state index in [4.69, 9.17) is 4.74 Å². The van der Waals surface area contributed by atoms with Gasteiger partial charge in [0.2, 0.25) is 0 Å². The third-order valence-electron chi connectivity index (χ3n) is 3.95.